The van der Waals surface area contributed by atoms with Crippen LogP contribution in [0.1, 0.15) is 44.1 Å². The van der Waals surface area contributed by atoms with Crippen molar-refractivity contribution in [2.24, 2.45) is 0 Å². The standard InChI is InChI=1S/C17H23NO3/c19-15(12-16-8-4-5-11-21-16)9-10-17(20)18-13-14-6-2-1-3-7-14/h1-3,6-7,16H,4-5,8-13H2,(H,18,20)/t16-/m1/s1. The molecule has 1 saturated heterocycles. The second-order valence-corrected chi connectivity index (χ2v) is 5.49. The van der Waals surface area contributed by atoms with E-state index in [4.69, 9.17) is 4.74 Å². The third-order valence-electron chi connectivity index (χ3n) is 3.69. The van der Waals surface area contributed by atoms with Crippen LogP contribution >= 0.6 is 0 Å². The zero-order valence-electron chi connectivity index (χ0n) is 12.3. The zero-order valence-corrected chi connectivity index (χ0v) is 12.3. The van der Waals surface area contributed by atoms with Crippen molar-refractivity contribution in [1.29, 1.82) is 0 Å². The molecular weight excluding hydrogens is 266 g/mol. The lowest BCUT2D eigenvalue weighted by Gasteiger charge is -2.21. The zero-order chi connectivity index (χ0) is 14.9. The molecule has 0 unspecified atom stereocenters. The molecule has 1 aliphatic rings. The molecule has 1 aromatic carbocycles. The highest BCUT2D eigenvalue weighted by atomic mass is 16.5. The number of hydrogen-bond acceptors (Lipinski definition) is 3. The number of carbonyl (C=O) groups excluding carboxylic acids is 2. The van der Waals surface area contributed by atoms with Gasteiger partial charge in [0.25, 0.3) is 0 Å². The number of amides is 1. The first-order valence-electron chi connectivity index (χ1n) is 7.68. The van der Waals surface area contributed by atoms with E-state index < -0.39 is 0 Å². The van der Waals surface area contributed by atoms with Gasteiger partial charge in [0.1, 0.15) is 5.78 Å². The van der Waals surface area contributed by atoms with Crippen LogP contribution in [0.25, 0.3) is 0 Å². The van der Waals surface area contributed by atoms with Gasteiger partial charge in [0.05, 0.1) is 6.10 Å². The SMILES string of the molecule is O=C(CCC(=O)NCc1ccccc1)C[C@H]1CCCCO1. The summed E-state index contributed by atoms with van der Waals surface area (Å²) in [6, 6.07) is 9.75. The molecule has 114 valence electrons. The summed E-state index contributed by atoms with van der Waals surface area (Å²) in [6.07, 6.45) is 4.28. The molecule has 4 nitrogen and oxygen atoms in total. The molecule has 0 aliphatic carbocycles. The number of ketones is 1. The van der Waals surface area contributed by atoms with Crippen LogP contribution in [0.2, 0.25) is 0 Å². The van der Waals surface area contributed by atoms with Crippen LogP contribution in [-0.2, 0) is 20.9 Å². The molecule has 4 heteroatoms. The van der Waals surface area contributed by atoms with Crippen LogP contribution in [-0.4, -0.2) is 24.4 Å². The second-order valence-electron chi connectivity index (χ2n) is 5.49. The Kier molecular flexibility index (Phi) is 6.41. The lowest BCUT2D eigenvalue weighted by Crippen LogP contribution is -2.25. The molecule has 1 atom stereocenters. The summed E-state index contributed by atoms with van der Waals surface area (Å²) >= 11 is 0. The summed E-state index contributed by atoms with van der Waals surface area (Å²) in [5, 5.41) is 2.84. The summed E-state index contributed by atoms with van der Waals surface area (Å²) in [6.45, 7) is 1.27. The molecule has 0 radical (unpaired) electrons. The fraction of sp³-hybridized carbons (Fsp3) is 0.529. The van der Waals surface area contributed by atoms with Crippen LogP contribution in [0.5, 0.6) is 0 Å². The van der Waals surface area contributed by atoms with Gasteiger partial charge < -0.3 is 10.1 Å². The number of carbonyl (C=O) groups is 2. The predicted molar refractivity (Wildman–Crippen MR) is 80.7 cm³/mol. The number of hydrogen-bond donors (Lipinski definition) is 1. The Bertz CT molecular complexity index is 452. The topological polar surface area (TPSA) is 55.4 Å². The highest BCUT2D eigenvalue weighted by Crippen LogP contribution is 2.16. The first-order chi connectivity index (χ1) is 10.2. The third kappa shape index (κ3) is 6.08. The van der Waals surface area contributed by atoms with Gasteiger partial charge in [-0.2, -0.15) is 0 Å². The van der Waals surface area contributed by atoms with Gasteiger partial charge in [-0.25, -0.2) is 0 Å². The average Bonchev–Trinajstić information content (AvgIpc) is 2.53. The molecule has 1 aromatic rings. The molecule has 0 bridgehead atoms. The Balaban J connectivity index is 1.60. The van der Waals surface area contributed by atoms with E-state index in [1.165, 1.54) is 0 Å². The molecule has 1 amide bonds. The van der Waals surface area contributed by atoms with E-state index in [9.17, 15) is 9.59 Å². The van der Waals surface area contributed by atoms with Crippen LogP contribution < -0.4 is 5.32 Å². The fourth-order valence-electron chi connectivity index (χ4n) is 2.46. The fourth-order valence-corrected chi connectivity index (χ4v) is 2.46. The minimum absolute atomic E-state index is 0.0682. The number of nitrogens with one attached hydrogen (secondary N) is 1. The first kappa shape index (κ1) is 15.7. The maximum absolute atomic E-state index is 11.8. The number of benzene rings is 1. The molecule has 0 spiro atoms. The average molecular weight is 289 g/mol. The maximum Gasteiger partial charge on any atom is 0.220 e. The van der Waals surface area contributed by atoms with Gasteiger partial charge >= 0.3 is 0 Å². The van der Waals surface area contributed by atoms with Gasteiger partial charge in [0, 0.05) is 32.4 Å². The maximum atomic E-state index is 11.8. The van der Waals surface area contributed by atoms with Crippen LogP contribution in [0.3, 0.4) is 0 Å². The van der Waals surface area contributed by atoms with E-state index in [0.29, 0.717) is 19.4 Å². The van der Waals surface area contributed by atoms with E-state index in [0.717, 1.165) is 31.4 Å². The van der Waals surface area contributed by atoms with Crippen LogP contribution in [0.4, 0.5) is 0 Å². The lowest BCUT2D eigenvalue weighted by atomic mass is 10.0. The summed E-state index contributed by atoms with van der Waals surface area (Å²) in [5.74, 6) is 0.0496. The minimum Gasteiger partial charge on any atom is -0.378 e. The quantitative estimate of drug-likeness (QED) is 0.839. The summed E-state index contributed by atoms with van der Waals surface area (Å²) in [4.78, 5) is 23.5. The van der Waals surface area contributed by atoms with Crippen molar-refractivity contribution >= 4 is 11.7 Å². The number of ether oxygens (including phenoxy) is 1. The Morgan fingerprint density at radius 2 is 1.95 bits per heavy atom. The van der Waals surface area contributed by atoms with Crippen molar-refractivity contribution in [2.75, 3.05) is 6.61 Å². The summed E-state index contributed by atoms with van der Waals surface area (Å²) in [7, 11) is 0. The van der Waals surface area contributed by atoms with Crippen LogP contribution in [0.15, 0.2) is 30.3 Å². The first-order valence-corrected chi connectivity index (χ1v) is 7.68. The Hall–Kier alpha value is -1.68. The lowest BCUT2D eigenvalue weighted by molar-refractivity contribution is -0.127. The molecule has 1 heterocycles. The summed E-state index contributed by atoms with van der Waals surface area (Å²) in [5.41, 5.74) is 1.06. The molecule has 0 saturated carbocycles. The highest BCUT2D eigenvalue weighted by Gasteiger charge is 2.18. The summed E-state index contributed by atoms with van der Waals surface area (Å²) < 4.78 is 5.54. The third-order valence-corrected chi connectivity index (χ3v) is 3.69. The van der Waals surface area contributed by atoms with Crippen molar-refractivity contribution < 1.29 is 14.3 Å². The normalized spacial score (nSPS) is 18.2. The minimum atomic E-state index is -0.0724. The Labute approximate surface area is 125 Å². The molecule has 0 aromatic heterocycles. The Morgan fingerprint density at radius 1 is 1.14 bits per heavy atom. The largest absolute Gasteiger partial charge is 0.378 e. The van der Waals surface area contributed by atoms with Gasteiger partial charge in [0.2, 0.25) is 5.91 Å². The van der Waals surface area contributed by atoms with Crippen molar-refractivity contribution in [3.8, 4) is 0 Å². The van der Waals surface area contributed by atoms with Crippen molar-refractivity contribution in [2.45, 2.75) is 51.2 Å². The molecule has 2 rings (SSSR count). The number of Topliss-reactive ketones (excluding diaryl/α,β-unsaturated/α-hetero) is 1. The smallest absolute Gasteiger partial charge is 0.220 e. The molecule has 21 heavy (non-hydrogen) atoms. The van der Waals surface area contributed by atoms with E-state index >= 15 is 0 Å². The predicted octanol–water partition coefficient (Wildman–Crippen LogP) is 2.61. The van der Waals surface area contributed by atoms with Crippen molar-refractivity contribution in [1.82, 2.24) is 5.32 Å². The monoisotopic (exact) mass is 289 g/mol. The highest BCUT2D eigenvalue weighted by molar-refractivity contribution is 5.85. The van der Waals surface area contributed by atoms with E-state index in [1.807, 2.05) is 30.3 Å². The van der Waals surface area contributed by atoms with Crippen molar-refractivity contribution in [3.05, 3.63) is 35.9 Å². The van der Waals surface area contributed by atoms with Gasteiger partial charge in [-0.15, -0.1) is 0 Å². The molecule has 1 aliphatic heterocycles. The van der Waals surface area contributed by atoms with E-state index in [-0.39, 0.29) is 24.2 Å². The number of rotatable bonds is 7. The van der Waals surface area contributed by atoms with Crippen LogP contribution in [0, 0.1) is 0 Å². The molecule has 1 fully saturated rings. The molecular formula is C17H23NO3. The van der Waals surface area contributed by atoms with Crippen molar-refractivity contribution in [3.63, 3.8) is 0 Å². The van der Waals surface area contributed by atoms with Gasteiger partial charge in [0.15, 0.2) is 0 Å². The van der Waals surface area contributed by atoms with Gasteiger partial charge in [-0.05, 0) is 24.8 Å². The molecule has 1 N–H and O–H groups in total. The van der Waals surface area contributed by atoms with E-state index in [1.54, 1.807) is 0 Å². The second kappa shape index (κ2) is 8.57. The van der Waals surface area contributed by atoms with Gasteiger partial charge in [-0.1, -0.05) is 30.3 Å². The van der Waals surface area contributed by atoms with Gasteiger partial charge in [-0.3, -0.25) is 9.59 Å². The Morgan fingerprint density at radius 3 is 2.67 bits per heavy atom. The van der Waals surface area contributed by atoms with E-state index in [2.05, 4.69) is 5.32 Å².